The maximum Gasteiger partial charge on any atom is 0.264 e. The van der Waals surface area contributed by atoms with E-state index in [1.54, 1.807) is 43.6 Å². The minimum Gasteiger partial charge on any atom is -0.355 e. The van der Waals surface area contributed by atoms with Crippen molar-refractivity contribution in [2.24, 2.45) is 4.99 Å². The fraction of sp³-hybridized carbons (Fsp3) is 0.0476. The number of hydrogen-bond acceptors (Lipinski definition) is 5. The topological polar surface area (TPSA) is 83.4 Å². The molecule has 0 spiro atoms. The van der Waals surface area contributed by atoms with Crippen LogP contribution in [0.5, 0.6) is 0 Å². The number of fused-ring (bicyclic) bond motifs is 1. The van der Waals surface area contributed by atoms with Gasteiger partial charge in [-0.2, -0.15) is 0 Å². The van der Waals surface area contributed by atoms with E-state index in [0.29, 0.717) is 42.3 Å². The van der Waals surface area contributed by atoms with E-state index < -0.39 is 0 Å². The Morgan fingerprint density at radius 3 is 2.70 bits per heavy atom. The van der Waals surface area contributed by atoms with E-state index in [-0.39, 0.29) is 11.8 Å². The molecule has 0 unspecified atom stereocenters. The van der Waals surface area contributed by atoms with Crippen LogP contribution in [0.2, 0.25) is 10.0 Å². The maximum absolute atomic E-state index is 12.4. The number of aromatic nitrogens is 1. The molecule has 2 aromatic carbocycles. The van der Waals surface area contributed by atoms with Crippen LogP contribution in [0.4, 0.5) is 5.69 Å². The number of pyridine rings is 1. The molecule has 1 aliphatic heterocycles. The van der Waals surface area contributed by atoms with Gasteiger partial charge in [-0.1, -0.05) is 35.3 Å². The molecule has 2 amide bonds. The number of para-hydroxylation sites is 1. The second-order valence-corrected chi connectivity index (χ2v) is 8.11. The Labute approximate surface area is 186 Å². The molecule has 0 atom stereocenters. The third-order valence-electron chi connectivity index (χ3n) is 4.34. The quantitative estimate of drug-likeness (QED) is 0.554. The number of carbonyl (C=O) groups is 2. The highest BCUT2D eigenvalue weighted by Crippen LogP contribution is 2.35. The average molecular weight is 457 g/mol. The van der Waals surface area contributed by atoms with E-state index in [9.17, 15) is 9.59 Å². The summed E-state index contributed by atoms with van der Waals surface area (Å²) in [4.78, 5) is 33.7. The summed E-state index contributed by atoms with van der Waals surface area (Å²) in [6.45, 7) is 0. The Kier molecular flexibility index (Phi) is 5.76. The fourth-order valence-electron chi connectivity index (χ4n) is 2.92. The Morgan fingerprint density at radius 2 is 1.97 bits per heavy atom. The van der Waals surface area contributed by atoms with Gasteiger partial charge in [0.05, 0.1) is 26.0 Å². The lowest BCUT2D eigenvalue weighted by Gasteiger charge is -2.06. The third kappa shape index (κ3) is 4.05. The van der Waals surface area contributed by atoms with Crippen molar-refractivity contribution < 1.29 is 9.59 Å². The van der Waals surface area contributed by atoms with Crippen LogP contribution in [-0.2, 0) is 4.79 Å². The number of nitrogens with zero attached hydrogens (tertiary/aromatic N) is 2. The van der Waals surface area contributed by atoms with Crippen molar-refractivity contribution in [2.75, 3.05) is 7.05 Å². The zero-order valence-electron chi connectivity index (χ0n) is 15.6. The van der Waals surface area contributed by atoms with Crippen LogP contribution < -0.4 is 10.6 Å². The molecule has 2 heterocycles. The number of amides is 2. The SMILES string of the molecule is CNC(=O)c1ccnc2ccc(C=C3SC(=Nc4c(Cl)cccc4Cl)NC3=O)cc12. The highest BCUT2D eigenvalue weighted by Gasteiger charge is 2.24. The monoisotopic (exact) mass is 456 g/mol. The van der Waals surface area contributed by atoms with Crippen molar-refractivity contribution >= 4 is 74.6 Å². The van der Waals surface area contributed by atoms with Crippen molar-refractivity contribution in [3.8, 4) is 0 Å². The molecule has 0 saturated carbocycles. The van der Waals surface area contributed by atoms with Crippen LogP contribution in [0.1, 0.15) is 15.9 Å². The van der Waals surface area contributed by atoms with Gasteiger partial charge in [-0.15, -0.1) is 0 Å². The van der Waals surface area contributed by atoms with Gasteiger partial charge in [0.25, 0.3) is 11.8 Å². The summed E-state index contributed by atoms with van der Waals surface area (Å²) >= 11 is 13.5. The van der Waals surface area contributed by atoms with Crippen LogP contribution >= 0.6 is 35.0 Å². The standard InChI is InChI=1S/C21H14Cl2N4O2S/c1-24-19(28)12-7-8-25-16-6-5-11(9-13(12)16)10-17-20(29)27-21(30-17)26-18-14(22)3-2-4-15(18)23/h2-10H,1H3,(H,24,28)(H,26,27,29). The molecule has 3 aromatic rings. The molecule has 30 heavy (non-hydrogen) atoms. The van der Waals surface area contributed by atoms with Gasteiger partial charge < -0.3 is 10.6 Å². The molecule has 1 saturated heterocycles. The summed E-state index contributed by atoms with van der Waals surface area (Å²) in [6, 6.07) is 12.2. The number of aliphatic imine (C=N–C) groups is 1. The molecule has 1 aromatic heterocycles. The molecule has 0 radical (unpaired) electrons. The van der Waals surface area contributed by atoms with Gasteiger partial charge in [0, 0.05) is 18.6 Å². The Morgan fingerprint density at radius 1 is 1.20 bits per heavy atom. The van der Waals surface area contributed by atoms with E-state index in [1.165, 1.54) is 11.8 Å². The van der Waals surface area contributed by atoms with Crippen LogP contribution in [0, 0.1) is 0 Å². The number of benzene rings is 2. The number of halogens is 2. The summed E-state index contributed by atoms with van der Waals surface area (Å²) in [5.41, 5.74) is 2.37. The first-order valence-electron chi connectivity index (χ1n) is 8.80. The summed E-state index contributed by atoms with van der Waals surface area (Å²) in [6.07, 6.45) is 3.32. The second kappa shape index (κ2) is 8.47. The molecule has 1 aliphatic rings. The molecule has 6 nitrogen and oxygen atoms in total. The molecular weight excluding hydrogens is 443 g/mol. The van der Waals surface area contributed by atoms with Crippen molar-refractivity contribution in [3.63, 3.8) is 0 Å². The van der Waals surface area contributed by atoms with Gasteiger partial charge in [0.1, 0.15) is 5.69 Å². The zero-order chi connectivity index (χ0) is 21.3. The first-order valence-corrected chi connectivity index (χ1v) is 10.4. The van der Waals surface area contributed by atoms with Crippen LogP contribution in [0.3, 0.4) is 0 Å². The molecule has 2 N–H and O–H groups in total. The average Bonchev–Trinajstić information content (AvgIpc) is 3.08. The largest absolute Gasteiger partial charge is 0.355 e. The van der Waals surface area contributed by atoms with Gasteiger partial charge in [0.2, 0.25) is 0 Å². The molecule has 0 aliphatic carbocycles. The van der Waals surface area contributed by atoms with Crippen molar-refractivity contribution in [1.29, 1.82) is 0 Å². The Bertz CT molecular complexity index is 1240. The summed E-state index contributed by atoms with van der Waals surface area (Å²) in [5, 5.41) is 7.21. The van der Waals surface area contributed by atoms with E-state index in [1.807, 2.05) is 18.2 Å². The third-order valence-corrected chi connectivity index (χ3v) is 5.86. The van der Waals surface area contributed by atoms with Crippen molar-refractivity contribution in [1.82, 2.24) is 15.6 Å². The highest BCUT2D eigenvalue weighted by molar-refractivity contribution is 8.18. The van der Waals surface area contributed by atoms with Gasteiger partial charge >= 0.3 is 0 Å². The minimum atomic E-state index is -0.278. The smallest absolute Gasteiger partial charge is 0.264 e. The van der Waals surface area contributed by atoms with Crippen molar-refractivity contribution in [3.05, 3.63) is 74.7 Å². The second-order valence-electron chi connectivity index (χ2n) is 6.27. The van der Waals surface area contributed by atoms with Crippen LogP contribution in [0.25, 0.3) is 17.0 Å². The number of carbonyl (C=O) groups excluding carboxylic acids is 2. The van der Waals surface area contributed by atoms with Gasteiger partial charge in [-0.05, 0) is 53.7 Å². The number of thioether (sulfide) groups is 1. The maximum atomic E-state index is 12.4. The van der Waals surface area contributed by atoms with Gasteiger partial charge in [-0.25, -0.2) is 4.99 Å². The van der Waals surface area contributed by atoms with E-state index in [4.69, 9.17) is 23.2 Å². The fourth-order valence-corrected chi connectivity index (χ4v) is 4.23. The first-order chi connectivity index (χ1) is 14.5. The van der Waals surface area contributed by atoms with E-state index in [2.05, 4.69) is 20.6 Å². The van der Waals surface area contributed by atoms with Gasteiger partial charge in [0.15, 0.2) is 5.17 Å². The molecule has 4 rings (SSSR count). The predicted molar refractivity (Wildman–Crippen MR) is 122 cm³/mol. The minimum absolute atomic E-state index is 0.203. The lowest BCUT2D eigenvalue weighted by Crippen LogP contribution is -2.19. The van der Waals surface area contributed by atoms with Gasteiger partial charge in [-0.3, -0.25) is 14.6 Å². The molecular formula is C21H14Cl2N4O2S. The first kappa shape index (κ1) is 20.4. The van der Waals surface area contributed by atoms with Crippen molar-refractivity contribution in [2.45, 2.75) is 0 Å². The van der Waals surface area contributed by atoms with Crippen LogP contribution in [-0.4, -0.2) is 29.0 Å². The number of nitrogens with one attached hydrogen (secondary N) is 2. The number of amidine groups is 1. The summed E-state index contributed by atoms with van der Waals surface area (Å²) in [7, 11) is 1.58. The van der Waals surface area contributed by atoms with E-state index >= 15 is 0 Å². The Balaban J connectivity index is 1.68. The Hall–Kier alpha value is -2.87. The molecule has 150 valence electrons. The molecule has 1 fully saturated rings. The number of rotatable bonds is 3. The predicted octanol–water partition coefficient (Wildman–Crippen LogP) is 4.79. The molecule has 9 heteroatoms. The zero-order valence-corrected chi connectivity index (χ0v) is 17.9. The molecule has 0 bridgehead atoms. The lowest BCUT2D eigenvalue weighted by molar-refractivity contribution is -0.115. The van der Waals surface area contributed by atoms with E-state index in [0.717, 1.165) is 5.56 Å². The summed E-state index contributed by atoms with van der Waals surface area (Å²) < 4.78 is 0. The lowest BCUT2D eigenvalue weighted by atomic mass is 10.1. The van der Waals surface area contributed by atoms with Crippen LogP contribution in [0.15, 0.2) is 58.6 Å². The summed E-state index contributed by atoms with van der Waals surface area (Å²) in [5.74, 6) is -0.481. The normalized spacial score (nSPS) is 16.3. The highest BCUT2D eigenvalue weighted by atomic mass is 35.5. The number of hydrogen-bond donors (Lipinski definition) is 2.